The number of amides is 1. The van der Waals surface area contributed by atoms with E-state index in [1.54, 1.807) is 7.11 Å². The van der Waals surface area contributed by atoms with Gasteiger partial charge in [-0.05, 0) is 38.6 Å². The third-order valence-electron chi connectivity index (χ3n) is 5.89. The molecule has 0 radical (unpaired) electrons. The molecular weight excluding hydrogens is 240 g/mol. The topological polar surface area (TPSA) is 64.3 Å². The Morgan fingerprint density at radius 3 is 2.58 bits per heavy atom. The Morgan fingerprint density at radius 1 is 1.37 bits per heavy atom. The maximum atomic E-state index is 12.4. The van der Waals surface area contributed by atoms with Gasteiger partial charge in [0.25, 0.3) is 0 Å². The van der Waals surface area contributed by atoms with Crippen LogP contribution in [0.15, 0.2) is 0 Å². The second-order valence-corrected chi connectivity index (χ2v) is 6.96. The van der Waals surface area contributed by atoms with Crippen LogP contribution in [-0.4, -0.2) is 31.2 Å². The Kier molecular flexibility index (Phi) is 3.94. The Morgan fingerprint density at radius 2 is 2.05 bits per heavy atom. The van der Waals surface area contributed by atoms with Crippen molar-refractivity contribution in [2.75, 3.05) is 13.7 Å². The molecule has 0 aliphatic heterocycles. The molecule has 4 heteroatoms. The summed E-state index contributed by atoms with van der Waals surface area (Å²) in [5.41, 5.74) is 5.61. The molecule has 2 saturated carbocycles. The SMILES string of the molecule is COC1(C)CC(NC(=O)[C@@H]2CCC[C@@H]2CN)C1(C)C. The molecular formula is C15H28N2O2. The quantitative estimate of drug-likeness (QED) is 0.815. The van der Waals surface area contributed by atoms with Crippen LogP contribution in [0, 0.1) is 17.3 Å². The largest absolute Gasteiger partial charge is 0.378 e. The predicted molar refractivity (Wildman–Crippen MR) is 75.6 cm³/mol. The van der Waals surface area contributed by atoms with Crippen LogP contribution < -0.4 is 11.1 Å². The fourth-order valence-electron chi connectivity index (χ4n) is 3.67. The number of rotatable bonds is 4. The molecule has 2 aliphatic rings. The van der Waals surface area contributed by atoms with Gasteiger partial charge in [0.2, 0.25) is 5.91 Å². The van der Waals surface area contributed by atoms with E-state index in [1.807, 2.05) is 0 Å². The Balaban J connectivity index is 1.94. The molecule has 4 nitrogen and oxygen atoms in total. The van der Waals surface area contributed by atoms with E-state index in [4.69, 9.17) is 10.5 Å². The Labute approximate surface area is 116 Å². The van der Waals surface area contributed by atoms with Gasteiger partial charge in [-0.3, -0.25) is 4.79 Å². The van der Waals surface area contributed by atoms with Gasteiger partial charge in [0.1, 0.15) is 0 Å². The van der Waals surface area contributed by atoms with Crippen LogP contribution in [0.5, 0.6) is 0 Å². The lowest BCUT2D eigenvalue weighted by molar-refractivity contribution is -0.183. The van der Waals surface area contributed by atoms with E-state index in [-0.39, 0.29) is 28.9 Å². The van der Waals surface area contributed by atoms with E-state index in [9.17, 15) is 4.79 Å². The van der Waals surface area contributed by atoms with Gasteiger partial charge in [-0.25, -0.2) is 0 Å². The van der Waals surface area contributed by atoms with Crippen molar-refractivity contribution in [1.82, 2.24) is 5.32 Å². The van der Waals surface area contributed by atoms with E-state index < -0.39 is 0 Å². The van der Waals surface area contributed by atoms with Crippen molar-refractivity contribution in [1.29, 1.82) is 0 Å². The summed E-state index contributed by atoms with van der Waals surface area (Å²) >= 11 is 0. The summed E-state index contributed by atoms with van der Waals surface area (Å²) in [7, 11) is 1.75. The average Bonchev–Trinajstić information content (AvgIpc) is 2.86. The molecule has 2 aliphatic carbocycles. The minimum atomic E-state index is -0.131. The van der Waals surface area contributed by atoms with Crippen molar-refractivity contribution < 1.29 is 9.53 Å². The average molecular weight is 268 g/mol. The van der Waals surface area contributed by atoms with E-state index in [0.717, 1.165) is 25.7 Å². The molecule has 1 amide bonds. The normalized spacial score (nSPS) is 40.8. The van der Waals surface area contributed by atoms with Crippen LogP contribution in [0.25, 0.3) is 0 Å². The third-order valence-corrected chi connectivity index (χ3v) is 5.89. The summed E-state index contributed by atoms with van der Waals surface area (Å²) in [5, 5.41) is 3.23. The highest BCUT2D eigenvalue weighted by molar-refractivity contribution is 5.80. The van der Waals surface area contributed by atoms with Crippen molar-refractivity contribution in [3.05, 3.63) is 0 Å². The van der Waals surface area contributed by atoms with Gasteiger partial charge in [-0.15, -0.1) is 0 Å². The van der Waals surface area contributed by atoms with Gasteiger partial charge >= 0.3 is 0 Å². The first kappa shape index (κ1) is 14.8. The number of carbonyl (C=O) groups excluding carboxylic acids is 1. The van der Waals surface area contributed by atoms with Crippen molar-refractivity contribution in [3.8, 4) is 0 Å². The second-order valence-electron chi connectivity index (χ2n) is 6.96. The molecule has 4 atom stereocenters. The third kappa shape index (κ3) is 2.29. The standard InChI is InChI=1S/C15H28N2O2/c1-14(2)12(8-15(14,3)19-4)17-13(18)11-7-5-6-10(11)9-16/h10-12H,5-9,16H2,1-4H3,(H,17,18)/t10-,11-,12?,15?/m1/s1. The molecule has 110 valence electrons. The summed E-state index contributed by atoms with van der Waals surface area (Å²) < 4.78 is 5.60. The zero-order valence-electron chi connectivity index (χ0n) is 12.7. The van der Waals surface area contributed by atoms with Gasteiger partial charge in [0, 0.05) is 24.5 Å². The molecule has 19 heavy (non-hydrogen) atoms. The van der Waals surface area contributed by atoms with Crippen LogP contribution in [0.3, 0.4) is 0 Å². The van der Waals surface area contributed by atoms with Gasteiger partial charge < -0.3 is 15.8 Å². The summed E-state index contributed by atoms with van der Waals surface area (Å²) in [5.74, 6) is 0.691. The minimum Gasteiger partial charge on any atom is -0.378 e. The lowest BCUT2D eigenvalue weighted by Gasteiger charge is -2.59. The number of hydrogen-bond acceptors (Lipinski definition) is 3. The maximum Gasteiger partial charge on any atom is 0.223 e. The highest BCUT2D eigenvalue weighted by atomic mass is 16.5. The zero-order chi connectivity index (χ0) is 14.3. The monoisotopic (exact) mass is 268 g/mol. The summed E-state index contributed by atoms with van der Waals surface area (Å²) in [6.07, 6.45) is 4.10. The molecule has 3 N–H and O–H groups in total. The van der Waals surface area contributed by atoms with E-state index in [2.05, 4.69) is 26.1 Å². The fraction of sp³-hybridized carbons (Fsp3) is 0.933. The molecule has 2 rings (SSSR count). The number of hydrogen-bond donors (Lipinski definition) is 2. The molecule has 0 aromatic heterocycles. The molecule has 0 saturated heterocycles. The number of methoxy groups -OCH3 is 1. The number of ether oxygens (including phenoxy) is 1. The summed E-state index contributed by atoms with van der Waals surface area (Å²) in [4.78, 5) is 12.4. The molecule has 0 heterocycles. The maximum absolute atomic E-state index is 12.4. The smallest absolute Gasteiger partial charge is 0.223 e. The number of carbonyl (C=O) groups is 1. The molecule has 2 fully saturated rings. The van der Waals surface area contributed by atoms with Crippen LogP contribution in [0.4, 0.5) is 0 Å². The Bertz CT molecular complexity index is 356. The van der Waals surface area contributed by atoms with Crippen molar-refractivity contribution in [3.63, 3.8) is 0 Å². The molecule has 0 bridgehead atoms. The summed E-state index contributed by atoms with van der Waals surface area (Å²) in [6, 6.07) is 0.212. The van der Waals surface area contributed by atoms with Crippen molar-refractivity contribution >= 4 is 5.91 Å². The van der Waals surface area contributed by atoms with E-state index in [1.165, 1.54) is 0 Å². The molecule has 2 unspecified atom stereocenters. The highest BCUT2D eigenvalue weighted by Crippen LogP contribution is 2.51. The molecule has 0 spiro atoms. The first-order chi connectivity index (χ1) is 8.85. The predicted octanol–water partition coefficient (Wildman–Crippen LogP) is 1.68. The fourth-order valence-corrected chi connectivity index (χ4v) is 3.67. The summed E-state index contributed by atoms with van der Waals surface area (Å²) in [6.45, 7) is 7.08. The second kappa shape index (κ2) is 5.06. The molecule has 0 aromatic carbocycles. The highest BCUT2D eigenvalue weighted by Gasteiger charge is 2.58. The van der Waals surface area contributed by atoms with Crippen molar-refractivity contribution in [2.24, 2.45) is 23.0 Å². The van der Waals surface area contributed by atoms with Crippen LogP contribution >= 0.6 is 0 Å². The first-order valence-electron chi connectivity index (χ1n) is 7.41. The first-order valence-corrected chi connectivity index (χ1v) is 7.41. The van der Waals surface area contributed by atoms with E-state index in [0.29, 0.717) is 12.5 Å². The zero-order valence-corrected chi connectivity index (χ0v) is 12.7. The van der Waals surface area contributed by atoms with E-state index >= 15 is 0 Å². The lowest BCUT2D eigenvalue weighted by atomic mass is 9.55. The van der Waals surface area contributed by atoms with Gasteiger partial charge in [0.05, 0.1) is 5.60 Å². The minimum absolute atomic E-state index is 0.0196. The van der Waals surface area contributed by atoms with Gasteiger partial charge in [-0.1, -0.05) is 20.3 Å². The Hall–Kier alpha value is -0.610. The number of nitrogens with two attached hydrogens (primary N) is 1. The van der Waals surface area contributed by atoms with Gasteiger partial charge in [-0.2, -0.15) is 0 Å². The van der Waals surface area contributed by atoms with Crippen molar-refractivity contribution in [2.45, 2.75) is 58.1 Å². The number of nitrogens with one attached hydrogen (secondary N) is 1. The van der Waals surface area contributed by atoms with Gasteiger partial charge in [0.15, 0.2) is 0 Å². The lowest BCUT2D eigenvalue weighted by Crippen LogP contribution is -2.69. The van der Waals surface area contributed by atoms with Crippen LogP contribution in [0.1, 0.15) is 46.5 Å². The van der Waals surface area contributed by atoms with Crippen LogP contribution in [-0.2, 0) is 9.53 Å². The van der Waals surface area contributed by atoms with Crippen LogP contribution in [0.2, 0.25) is 0 Å². The molecule has 0 aromatic rings.